The van der Waals surface area contributed by atoms with Crippen LogP contribution in [0.5, 0.6) is 5.75 Å². The van der Waals surface area contributed by atoms with Crippen molar-refractivity contribution in [3.8, 4) is 5.75 Å². The van der Waals surface area contributed by atoms with Crippen molar-refractivity contribution in [2.24, 2.45) is 0 Å². The highest BCUT2D eigenvalue weighted by Crippen LogP contribution is 2.44. The molecule has 0 aliphatic heterocycles. The van der Waals surface area contributed by atoms with Gasteiger partial charge in [0.1, 0.15) is 5.75 Å². The molecule has 0 spiro atoms. The molecule has 0 radical (unpaired) electrons. The first-order valence-corrected chi connectivity index (χ1v) is 7.29. The summed E-state index contributed by atoms with van der Waals surface area (Å²) in [5.74, 6) is 0.507. The van der Waals surface area contributed by atoms with Gasteiger partial charge in [-0.15, -0.1) is 0 Å². The lowest BCUT2D eigenvalue weighted by atomic mass is 10.1. The van der Waals surface area contributed by atoms with Crippen molar-refractivity contribution in [3.05, 3.63) is 29.3 Å². The lowest BCUT2D eigenvalue weighted by molar-refractivity contribution is 0.377. The fraction of sp³-hybridized carbons (Fsp3) is 0.500. The number of unbranched alkanes of at least 4 members (excludes halogenated alkanes) is 1. The van der Waals surface area contributed by atoms with Gasteiger partial charge in [0.05, 0.1) is 6.16 Å². The lowest BCUT2D eigenvalue weighted by Gasteiger charge is -2.15. The van der Waals surface area contributed by atoms with Crippen molar-refractivity contribution in [3.63, 3.8) is 0 Å². The van der Waals surface area contributed by atoms with E-state index in [2.05, 4.69) is 0 Å². The van der Waals surface area contributed by atoms with E-state index in [1.54, 1.807) is 6.07 Å². The SMILES string of the molecule is CCCCP(=O)(O)Oc1ccc(C)cc1C. The minimum atomic E-state index is -3.47. The highest BCUT2D eigenvalue weighted by molar-refractivity contribution is 7.53. The zero-order chi connectivity index (χ0) is 12.2. The molecule has 16 heavy (non-hydrogen) atoms. The van der Waals surface area contributed by atoms with Crippen molar-refractivity contribution >= 4 is 7.60 Å². The van der Waals surface area contributed by atoms with Crippen LogP contribution in [0, 0.1) is 13.8 Å². The lowest BCUT2D eigenvalue weighted by Crippen LogP contribution is -1.98. The molecule has 1 unspecified atom stereocenters. The van der Waals surface area contributed by atoms with E-state index in [-0.39, 0.29) is 6.16 Å². The Kier molecular flexibility index (Phi) is 4.57. The molecule has 4 heteroatoms. The molecule has 0 saturated heterocycles. The van der Waals surface area contributed by atoms with Crippen LogP contribution >= 0.6 is 7.60 Å². The standard InChI is InChI=1S/C12H19O3P/c1-4-5-8-16(13,14)15-12-7-6-10(2)9-11(12)3/h6-7,9H,4-5,8H2,1-3H3,(H,13,14). The van der Waals surface area contributed by atoms with E-state index in [0.717, 1.165) is 17.5 Å². The molecule has 1 atom stereocenters. The first-order chi connectivity index (χ1) is 7.44. The molecule has 0 heterocycles. The monoisotopic (exact) mass is 242 g/mol. The van der Waals surface area contributed by atoms with Crippen LogP contribution in [-0.4, -0.2) is 11.1 Å². The van der Waals surface area contributed by atoms with Crippen LogP contribution < -0.4 is 4.52 Å². The Morgan fingerprint density at radius 1 is 1.38 bits per heavy atom. The molecule has 0 aromatic heterocycles. The molecule has 1 N–H and O–H groups in total. The van der Waals surface area contributed by atoms with E-state index < -0.39 is 7.60 Å². The highest BCUT2D eigenvalue weighted by Gasteiger charge is 2.20. The summed E-state index contributed by atoms with van der Waals surface area (Å²) >= 11 is 0. The topological polar surface area (TPSA) is 46.5 Å². The van der Waals surface area contributed by atoms with E-state index in [0.29, 0.717) is 12.2 Å². The molecule has 1 aromatic carbocycles. The Morgan fingerprint density at radius 3 is 2.62 bits per heavy atom. The molecule has 0 aliphatic rings. The third-order valence-electron chi connectivity index (χ3n) is 2.37. The number of hydrogen-bond acceptors (Lipinski definition) is 2. The molecule has 0 amide bonds. The van der Waals surface area contributed by atoms with Crippen molar-refractivity contribution < 1.29 is 14.0 Å². The highest BCUT2D eigenvalue weighted by atomic mass is 31.2. The van der Waals surface area contributed by atoms with E-state index >= 15 is 0 Å². The molecule has 0 aliphatic carbocycles. The molecular weight excluding hydrogens is 223 g/mol. The summed E-state index contributed by atoms with van der Waals surface area (Å²) in [4.78, 5) is 9.63. The summed E-state index contributed by atoms with van der Waals surface area (Å²) in [5, 5.41) is 0. The van der Waals surface area contributed by atoms with E-state index in [1.165, 1.54) is 0 Å². The Hall–Kier alpha value is -0.790. The summed E-state index contributed by atoms with van der Waals surface area (Å²) in [7, 11) is -3.47. The summed E-state index contributed by atoms with van der Waals surface area (Å²) in [5.41, 5.74) is 2.01. The van der Waals surface area contributed by atoms with Gasteiger partial charge in [0.15, 0.2) is 0 Å². The van der Waals surface area contributed by atoms with E-state index in [9.17, 15) is 9.46 Å². The van der Waals surface area contributed by atoms with Crippen LogP contribution in [0.2, 0.25) is 0 Å². The van der Waals surface area contributed by atoms with Gasteiger partial charge in [0.25, 0.3) is 0 Å². The third kappa shape index (κ3) is 3.99. The molecule has 3 nitrogen and oxygen atoms in total. The zero-order valence-corrected chi connectivity index (χ0v) is 11.0. The fourth-order valence-corrected chi connectivity index (χ4v) is 2.78. The summed E-state index contributed by atoms with van der Waals surface area (Å²) < 4.78 is 16.9. The average molecular weight is 242 g/mol. The molecular formula is C12H19O3P. The first kappa shape index (κ1) is 13.3. The predicted octanol–water partition coefficient (Wildman–Crippen LogP) is 3.67. The fourth-order valence-electron chi connectivity index (χ4n) is 1.46. The molecule has 90 valence electrons. The van der Waals surface area contributed by atoms with Crippen LogP contribution in [-0.2, 0) is 4.57 Å². The van der Waals surface area contributed by atoms with Gasteiger partial charge < -0.3 is 9.42 Å². The Bertz CT molecular complexity index is 401. The van der Waals surface area contributed by atoms with Crippen LogP contribution in [0.15, 0.2) is 18.2 Å². The Labute approximate surface area is 97.0 Å². The quantitative estimate of drug-likeness (QED) is 0.801. The van der Waals surface area contributed by atoms with E-state index in [4.69, 9.17) is 4.52 Å². The number of rotatable bonds is 5. The second kappa shape index (κ2) is 5.51. The van der Waals surface area contributed by atoms with Crippen molar-refractivity contribution in [1.29, 1.82) is 0 Å². The van der Waals surface area contributed by atoms with Crippen LogP contribution in [0.3, 0.4) is 0 Å². The maximum absolute atomic E-state index is 11.7. The maximum Gasteiger partial charge on any atom is 0.376 e. The van der Waals surface area contributed by atoms with E-state index in [1.807, 2.05) is 32.9 Å². The normalized spacial score (nSPS) is 14.5. The van der Waals surface area contributed by atoms with Gasteiger partial charge in [0, 0.05) is 0 Å². The number of aryl methyl sites for hydroxylation is 2. The molecule has 0 bridgehead atoms. The molecule has 0 saturated carbocycles. The van der Waals surface area contributed by atoms with Gasteiger partial charge in [-0.25, -0.2) is 4.57 Å². The predicted molar refractivity (Wildman–Crippen MR) is 66.1 cm³/mol. The average Bonchev–Trinajstić information content (AvgIpc) is 2.19. The van der Waals surface area contributed by atoms with Gasteiger partial charge >= 0.3 is 7.60 Å². The smallest absolute Gasteiger partial charge is 0.376 e. The Balaban J connectivity index is 2.76. The maximum atomic E-state index is 11.7. The summed E-state index contributed by atoms with van der Waals surface area (Å²) in [6, 6.07) is 5.57. The molecule has 0 fully saturated rings. The largest absolute Gasteiger partial charge is 0.424 e. The van der Waals surface area contributed by atoms with Gasteiger partial charge in [-0.3, -0.25) is 0 Å². The number of hydrogen-bond donors (Lipinski definition) is 1. The van der Waals surface area contributed by atoms with Crippen molar-refractivity contribution in [1.82, 2.24) is 0 Å². The van der Waals surface area contributed by atoms with Crippen molar-refractivity contribution in [2.45, 2.75) is 33.6 Å². The van der Waals surface area contributed by atoms with Gasteiger partial charge in [-0.2, -0.15) is 0 Å². The van der Waals surface area contributed by atoms with Gasteiger partial charge in [0.2, 0.25) is 0 Å². The second-order valence-electron chi connectivity index (χ2n) is 4.07. The van der Waals surface area contributed by atoms with Gasteiger partial charge in [-0.1, -0.05) is 31.0 Å². The van der Waals surface area contributed by atoms with Crippen LogP contribution in [0.25, 0.3) is 0 Å². The van der Waals surface area contributed by atoms with Crippen LogP contribution in [0.1, 0.15) is 30.9 Å². The number of benzene rings is 1. The Morgan fingerprint density at radius 2 is 2.06 bits per heavy atom. The minimum absolute atomic E-state index is 0.219. The summed E-state index contributed by atoms with van der Waals surface area (Å²) in [6.07, 6.45) is 1.82. The molecule has 1 rings (SSSR count). The minimum Gasteiger partial charge on any atom is -0.424 e. The second-order valence-corrected chi connectivity index (χ2v) is 5.98. The summed E-state index contributed by atoms with van der Waals surface area (Å²) in [6.45, 7) is 5.84. The van der Waals surface area contributed by atoms with Gasteiger partial charge in [-0.05, 0) is 31.9 Å². The van der Waals surface area contributed by atoms with Crippen molar-refractivity contribution in [2.75, 3.05) is 6.16 Å². The van der Waals surface area contributed by atoms with Crippen LogP contribution in [0.4, 0.5) is 0 Å². The molecule has 1 aromatic rings. The first-order valence-electron chi connectivity index (χ1n) is 5.53. The third-order valence-corrected chi connectivity index (χ3v) is 3.73. The zero-order valence-electron chi connectivity index (χ0n) is 10.1.